The van der Waals surface area contributed by atoms with Crippen molar-refractivity contribution in [2.75, 3.05) is 6.61 Å². The number of hydrogen-bond donors (Lipinski definition) is 2. The van der Waals surface area contributed by atoms with E-state index >= 15 is 0 Å². The molecule has 0 aliphatic heterocycles. The van der Waals surface area contributed by atoms with Crippen molar-refractivity contribution in [3.63, 3.8) is 0 Å². The molecule has 0 radical (unpaired) electrons. The highest BCUT2D eigenvalue weighted by atomic mass is 19.4. The third kappa shape index (κ3) is 4.87. The van der Waals surface area contributed by atoms with Crippen molar-refractivity contribution >= 4 is 5.91 Å². The number of ether oxygens (including phenoxy) is 1. The van der Waals surface area contributed by atoms with E-state index in [9.17, 15) is 23.1 Å². The van der Waals surface area contributed by atoms with Crippen molar-refractivity contribution in [3.05, 3.63) is 29.8 Å². The summed E-state index contributed by atoms with van der Waals surface area (Å²) in [6.07, 6.45) is -1.96. The summed E-state index contributed by atoms with van der Waals surface area (Å²) in [6.45, 7) is 1.93. The summed E-state index contributed by atoms with van der Waals surface area (Å²) in [7, 11) is 0. The maximum Gasteiger partial charge on any atom is 0.573 e. The fraction of sp³-hybridized carbons (Fsp3) is 0.588. The van der Waals surface area contributed by atoms with Crippen molar-refractivity contribution in [1.29, 1.82) is 0 Å². The van der Waals surface area contributed by atoms with Crippen LogP contribution in [0.3, 0.4) is 0 Å². The summed E-state index contributed by atoms with van der Waals surface area (Å²) in [5, 5.41) is 12.4. The van der Waals surface area contributed by atoms with Crippen LogP contribution >= 0.6 is 0 Å². The van der Waals surface area contributed by atoms with Crippen LogP contribution in [0.5, 0.6) is 5.75 Å². The number of carbonyl (C=O) groups excluding carboxylic acids is 1. The Kier molecular flexibility index (Phi) is 5.74. The lowest BCUT2D eigenvalue weighted by molar-refractivity contribution is -0.274. The topological polar surface area (TPSA) is 58.6 Å². The first-order chi connectivity index (χ1) is 11.2. The van der Waals surface area contributed by atoms with Crippen LogP contribution < -0.4 is 10.1 Å². The molecule has 134 valence electrons. The van der Waals surface area contributed by atoms with Gasteiger partial charge < -0.3 is 15.2 Å². The molecule has 2 atom stereocenters. The van der Waals surface area contributed by atoms with Crippen molar-refractivity contribution < 1.29 is 27.8 Å². The smallest absolute Gasteiger partial charge is 0.406 e. The quantitative estimate of drug-likeness (QED) is 0.832. The molecule has 2 N–H and O–H groups in total. The first-order valence-electron chi connectivity index (χ1n) is 7.97. The Morgan fingerprint density at radius 3 is 2.79 bits per heavy atom. The first-order valence-corrected chi connectivity index (χ1v) is 7.97. The molecule has 1 amide bonds. The lowest BCUT2D eigenvalue weighted by Crippen LogP contribution is -2.44. The second kappa shape index (κ2) is 7.42. The standard InChI is InChI=1S/C17H22F3NO3/c1-16(11-22)10-4-7-14(16)21-15(23)9-8-12-5-2-3-6-13(12)24-17(18,19)20/h2-3,5-6,14,22H,4,7-11H2,1H3,(H,21,23). The molecule has 0 spiro atoms. The Morgan fingerprint density at radius 2 is 2.12 bits per heavy atom. The molecule has 2 rings (SSSR count). The highest BCUT2D eigenvalue weighted by Gasteiger charge is 2.39. The monoisotopic (exact) mass is 345 g/mol. The fourth-order valence-electron chi connectivity index (χ4n) is 3.12. The maximum absolute atomic E-state index is 12.4. The average molecular weight is 345 g/mol. The largest absolute Gasteiger partial charge is 0.573 e. The minimum Gasteiger partial charge on any atom is -0.406 e. The summed E-state index contributed by atoms with van der Waals surface area (Å²) in [4.78, 5) is 12.1. The second-order valence-electron chi connectivity index (χ2n) is 6.48. The lowest BCUT2D eigenvalue weighted by atomic mass is 9.85. The van der Waals surface area contributed by atoms with Gasteiger partial charge in [0.1, 0.15) is 5.75 Å². The Balaban J connectivity index is 1.93. The molecule has 4 nitrogen and oxygen atoms in total. The Bertz CT molecular complexity index is 576. The van der Waals surface area contributed by atoms with E-state index in [1.54, 1.807) is 6.07 Å². The number of rotatable bonds is 6. The summed E-state index contributed by atoms with van der Waals surface area (Å²) in [5.41, 5.74) is 0.00813. The van der Waals surface area contributed by atoms with Gasteiger partial charge in [-0.25, -0.2) is 0 Å². The van der Waals surface area contributed by atoms with Crippen LogP contribution in [-0.4, -0.2) is 30.0 Å². The number of aliphatic hydroxyl groups is 1. The molecule has 1 aliphatic rings. The van der Waals surface area contributed by atoms with Crippen LogP contribution in [0.15, 0.2) is 24.3 Å². The van der Waals surface area contributed by atoms with Crippen molar-refractivity contribution in [2.45, 2.75) is 51.4 Å². The van der Waals surface area contributed by atoms with E-state index < -0.39 is 6.36 Å². The molecule has 1 saturated carbocycles. The van der Waals surface area contributed by atoms with Gasteiger partial charge in [-0.15, -0.1) is 13.2 Å². The normalized spacial score (nSPS) is 24.0. The number of carbonyl (C=O) groups is 1. The lowest BCUT2D eigenvalue weighted by Gasteiger charge is -2.30. The van der Waals surface area contributed by atoms with Crippen molar-refractivity contribution in [1.82, 2.24) is 5.32 Å². The Morgan fingerprint density at radius 1 is 1.42 bits per heavy atom. The number of hydrogen-bond acceptors (Lipinski definition) is 3. The molecule has 0 bridgehead atoms. The van der Waals surface area contributed by atoms with Crippen LogP contribution in [0.2, 0.25) is 0 Å². The van der Waals surface area contributed by atoms with Gasteiger partial charge in [0.15, 0.2) is 0 Å². The number of alkyl halides is 3. The van der Waals surface area contributed by atoms with Gasteiger partial charge in [0, 0.05) is 17.9 Å². The van der Waals surface area contributed by atoms with Crippen LogP contribution in [0.25, 0.3) is 0 Å². The van der Waals surface area contributed by atoms with Gasteiger partial charge in [-0.3, -0.25) is 4.79 Å². The number of benzene rings is 1. The highest BCUT2D eigenvalue weighted by Crippen LogP contribution is 2.37. The number of aliphatic hydroxyl groups excluding tert-OH is 1. The zero-order chi connectivity index (χ0) is 17.8. The van der Waals surface area contributed by atoms with E-state index in [1.807, 2.05) is 6.92 Å². The van der Waals surface area contributed by atoms with Crippen molar-refractivity contribution in [2.24, 2.45) is 5.41 Å². The molecule has 1 aromatic carbocycles. The number of para-hydroxylation sites is 1. The predicted octanol–water partition coefficient (Wildman–Crippen LogP) is 3.19. The van der Waals surface area contributed by atoms with Gasteiger partial charge >= 0.3 is 6.36 Å². The number of aryl methyl sites for hydroxylation is 1. The summed E-state index contributed by atoms with van der Waals surface area (Å²) in [5.74, 6) is -0.512. The fourth-order valence-corrected chi connectivity index (χ4v) is 3.12. The minimum atomic E-state index is -4.76. The molecule has 1 fully saturated rings. The van der Waals surface area contributed by atoms with Gasteiger partial charge in [0.25, 0.3) is 0 Å². The van der Waals surface area contributed by atoms with E-state index in [0.717, 1.165) is 19.3 Å². The molecule has 0 saturated heterocycles. The molecule has 0 aromatic heterocycles. The molecule has 24 heavy (non-hydrogen) atoms. The maximum atomic E-state index is 12.4. The average Bonchev–Trinajstić information content (AvgIpc) is 2.86. The van der Waals surface area contributed by atoms with E-state index in [0.29, 0.717) is 5.56 Å². The van der Waals surface area contributed by atoms with Crippen LogP contribution in [-0.2, 0) is 11.2 Å². The number of amides is 1. The van der Waals surface area contributed by atoms with Crippen LogP contribution in [0.4, 0.5) is 13.2 Å². The van der Waals surface area contributed by atoms with E-state index in [4.69, 9.17) is 0 Å². The zero-order valence-corrected chi connectivity index (χ0v) is 13.5. The van der Waals surface area contributed by atoms with Gasteiger partial charge in [-0.05, 0) is 30.9 Å². The van der Waals surface area contributed by atoms with Gasteiger partial charge in [0.2, 0.25) is 5.91 Å². The number of nitrogens with one attached hydrogen (secondary N) is 1. The van der Waals surface area contributed by atoms with Crippen LogP contribution in [0.1, 0.15) is 38.2 Å². The minimum absolute atomic E-state index is 0.000201. The van der Waals surface area contributed by atoms with Crippen LogP contribution in [0, 0.1) is 5.41 Å². The van der Waals surface area contributed by atoms with Gasteiger partial charge in [0.05, 0.1) is 6.61 Å². The zero-order valence-electron chi connectivity index (χ0n) is 13.5. The molecule has 1 aliphatic carbocycles. The SMILES string of the molecule is CC1(CO)CCCC1NC(=O)CCc1ccccc1OC(F)(F)F. The van der Waals surface area contributed by atoms with Gasteiger partial charge in [-0.1, -0.05) is 31.5 Å². The first kappa shape index (κ1) is 18.6. The second-order valence-corrected chi connectivity index (χ2v) is 6.48. The van der Waals surface area contributed by atoms with E-state index in [1.165, 1.54) is 18.2 Å². The Labute approximate surface area is 139 Å². The highest BCUT2D eigenvalue weighted by molar-refractivity contribution is 5.76. The molecule has 7 heteroatoms. The van der Waals surface area contributed by atoms with Crippen molar-refractivity contribution in [3.8, 4) is 5.75 Å². The molecular weight excluding hydrogens is 323 g/mol. The molecule has 0 heterocycles. The Hall–Kier alpha value is -1.76. The third-order valence-corrected chi connectivity index (χ3v) is 4.60. The third-order valence-electron chi connectivity index (χ3n) is 4.60. The summed E-state index contributed by atoms with van der Waals surface area (Å²) >= 11 is 0. The molecule has 2 unspecified atom stereocenters. The van der Waals surface area contributed by atoms with Gasteiger partial charge in [-0.2, -0.15) is 0 Å². The van der Waals surface area contributed by atoms with E-state index in [2.05, 4.69) is 10.1 Å². The molecule has 1 aromatic rings. The molecular formula is C17H22F3NO3. The summed E-state index contributed by atoms with van der Waals surface area (Å²) < 4.78 is 41.2. The summed E-state index contributed by atoms with van der Waals surface area (Å²) in [6, 6.07) is 5.71. The van der Waals surface area contributed by atoms with E-state index in [-0.39, 0.29) is 42.6 Å². The number of halogens is 3. The predicted molar refractivity (Wildman–Crippen MR) is 82.4 cm³/mol.